The lowest BCUT2D eigenvalue weighted by Crippen LogP contribution is -2.63. The Bertz CT molecular complexity index is 279. The van der Waals surface area contributed by atoms with E-state index in [1.54, 1.807) is 0 Å². The maximum atomic E-state index is 11.1. The van der Waals surface area contributed by atoms with Gasteiger partial charge in [0.05, 0.1) is 0 Å². The number of carbonyl (C=O) groups excluding carboxylic acids is 1. The zero-order chi connectivity index (χ0) is 10.0. The Morgan fingerprint density at radius 3 is 1.87 bits per heavy atom. The minimum absolute atomic E-state index is 0.288. The Balaban J connectivity index is 1.63. The molecule has 2 heteroatoms. The molecule has 4 bridgehead atoms. The molecule has 0 aromatic carbocycles. The smallest absolute Gasteiger partial charge is 0.222 e. The van der Waals surface area contributed by atoms with Crippen molar-refractivity contribution in [2.75, 3.05) is 0 Å². The Morgan fingerprint density at radius 1 is 1.00 bits per heavy atom. The van der Waals surface area contributed by atoms with Crippen molar-refractivity contribution >= 4 is 5.91 Å². The molecule has 1 aliphatic heterocycles. The zero-order valence-corrected chi connectivity index (χ0v) is 9.17. The summed E-state index contributed by atoms with van der Waals surface area (Å²) in [5.41, 5.74) is 0.544. The van der Waals surface area contributed by atoms with Gasteiger partial charge in [-0.15, -0.1) is 0 Å². The molecule has 82 valence electrons. The fourth-order valence-electron chi connectivity index (χ4n) is 5.33. The van der Waals surface area contributed by atoms with Crippen LogP contribution in [0.15, 0.2) is 0 Å². The average molecular weight is 205 g/mol. The van der Waals surface area contributed by atoms with Gasteiger partial charge < -0.3 is 5.32 Å². The summed E-state index contributed by atoms with van der Waals surface area (Å²) in [7, 11) is 0. The van der Waals surface area contributed by atoms with E-state index in [0.29, 0.717) is 11.5 Å². The molecule has 2 nitrogen and oxygen atoms in total. The number of carbonyl (C=O) groups is 1. The first kappa shape index (κ1) is 8.60. The predicted octanol–water partition coefficient (Wildman–Crippen LogP) is 2.09. The van der Waals surface area contributed by atoms with Crippen molar-refractivity contribution < 1.29 is 4.79 Å². The van der Waals surface area contributed by atoms with Crippen molar-refractivity contribution in [1.29, 1.82) is 0 Å². The van der Waals surface area contributed by atoms with Gasteiger partial charge in [0.15, 0.2) is 0 Å². The molecule has 1 atom stereocenters. The van der Waals surface area contributed by atoms with Gasteiger partial charge in [0, 0.05) is 12.5 Å². The van der Waals surface area contributed by atoms with E-state index in [2.05, 4.69) is 5.32 Å². The normalized spacial score (nSPS) is 56.4. The molecule has 4 aliphatic carbocycles. The van der Waals surface area contributed by atoms with Gasteiger partial charge in [0.2, 0.25) is 5.91 Å². The van der Waals surface area contributed by atoms with Crippen LogP contribution in [-0.4, -0.2) is 11.9 Å². The van der Waals surface area contributed by atoms with Crippen LogP contribution in [0.4, 0.5) is 0 Å². The third kappa shape index (κ3) is 1.08. The van der Waals surface area contributed by atoms with Gasteiger partial charge in [-0.2, -0.15) is 0 Å². The van der Waals surface area contributed by atoms with Crippen LogP contribution in [0.25, 0.3) is 0 Å². The summed E-state index contributed by atoms with van der Waals surface area (Å²) in [5, 5.41) is 3.16. The predicted molar refractivity (Wildman–Crippen MR) is 57.2 cm³/mol. The number of hydrogen-bond acceptors (Lipinski definition) is 1. The highest BCUT2D eigenvalue weighted by Gasteiger charge is 2.56. The van der Waals surface area contributed by atoms with Crippen LogP contribution in [-0.2, 0) is 4.79 Å². The molecular formula is C13H19NO. The van der Waals surface area contributed by atoms with E-state index < -0.39 is 0 Å². The van der Waals surface area contributed by atoms with E-state index >= 15 is 0 Å². The van der Waals surface area contributed by atoms with Crippen LogP contribution >= 0.6 is 0 Å². The Kier molecular flexibility index (Phi) is 1.48. The summed E-state index contributed by atoms with van der Waals surface area (Å²) in [6.07, 6.45) is 9.59. The molecule has 1 N–H and O–H groups in total. The van der Waals surface area contributed by atoms with E-state index in [4.69, 9.17) is 0 Å². The summed E-state index contributed by atoms with van der Waals surface area (Å²) in [6.45, 7) is 0. The molecule has 5 aliphatic rings. The van der Waals surface area contributed by atoms with E-state index in [1.807, 2.05) is 0 Å². The number of nitrogens with one attached hydrogen (secondary N) is 1. The maximum Gasteiger partial charge on any atom is 0.222 e. The quantitative estimate of drug-likeness (QED) is 0.652. The van der Waals surface area contributed by atoms with Crippen LogP contribution in [0.3, 0.4) is 0 Å². The van der Waals surface area contributed by atoms with Crippen LogP contribution in [0, 0.1) is 23.2 Å². The van der Waals surface area contributed by atoms with Gasteiger partial charge in [-0.25, -0.2) is 0 Å². The highest BCUT2D eigenvalue weighted by atomic mass is 16.2. The molecule has 1 unspecified atom stereocenters. The van der Waals surface area contributed by atoms with Crippen molar-refractivity contribution in [1.82, 2.24) is 5.32 Å². The van der Waals surface area contributed by atoms with Crippen molar-refractivity contribution in [3.05, 3.63) is 0 Å². The molecular weight excluding hydrogens is 186 g/mol. The van der Waals surface area contributed by atoms with Gasteiger partial charge in [-0.3, -0.25) is 4.79 Å². The van der Waals surface area contributed by atoms with E-state index in [-0.39, 0.29) is 5.91 Å². The molecule has 1 amide bonds. The molecule has 5 rings (SSSR count). The third-order valence-corrected chi connectivity index (χ3v) is 5.55. The first-order chi connectivity index (χ1) is 7.23. The lowest BCUT2D eigenvalue weighted by molar-refractivity contribution is -0.141. The standard InChI is InChI=1S/C13H19NO/c15-12-4-11(14-12)13-5-8-1-9(6-13)3-10(2-8)7-13/h8-11H,1-7H2,(H,14,15). The molecule has 0 aromatic heterocycles. The number of β-lactam (4-membered cyclic amide) rings is 1. The second-order valence-corrected chi connectivity index (χ2v) is 6.60. The topological polar surface area (TPSA) is 29.1 Å². The first-order valence-corrected chi connectivity index (χ1v) is 6.53. The largest absolute Gasteiger partial charge is 0.352 e. The van der Waals surface area contributed by atoms with Gasteiger partial charge in [0.25, 0.3) is 0 Å². The van der Waals surface area contributed by atoms with Gasteiger partial charge in [0.1, 0.15) is 0 Å². The lowest BCUT2D eigenvalue weighted by Gasteiger charge is -2.61. The van der Waals surface area contributed by atoms with E-state index in [0.717, 1.165) is 24.2 Å². The van der Waals surface area contributed by atoms with E-state index in [1.165, 1.54) is 38.5 Å². The van der Waals surface area contributed by atoms with Crippen molar-refractivity contribution in [2.24, 2.45) is 23.2 Å². The molecule has 1 saturated heterocycles. The highest BCUT2D eigenvalue weighted by molar-refractivity contribution is 5.83. The SMILES string of the molecule is O=C1CC(C23CC4CC(CC(C4)C2)C3)N1. The zero-order valence-electron chi connectivity index (χ0n) is 9.17. The Morgan fingerprint density at radius 2 is 1.47 bits per heavy atom. The maximum absolute atomic E-state index is 11.1. The number of hydrogen-bond donors (Lipinski definition) is 1. The Labute approximate surface area is 90.8 Å². The molecule has 15 heavy (non-hydrogen) atoms. The average Bonchev–Trinajstić information content (AvgIpc) is 2.10. The molecule has 0 spiro atoms. The minimum atomic E-state index is 0.288. The van der Waals surface area contributed by atoms with Gasteiger partial charge in [-0.1, -0.05) is 0 Å². The van der Waals surface area contributed by atoms with Crippen LogP contribution in [0.1, 0.15) is 44.9 Å². The highest BCUT2D eigenvalue weighted by Crippen LogP contribution is 2.62. The number of rotatable bonds is 1. The fourth-order valence-corrected chi connectivity index (χ4v) is 5.33. The second kappa shape index (κ2) is 2.58. The Hall–Kier alpha value is -0.530. The van der Waals surface area contributed by atoms with Crippen LogP contribution in [0.5, 0.6) is 0 Å². The third-order valence-electron chi connectivity index (χ3n) is 5.55. The molecule has 4 saturated carbocycles. The summed E-state index contributed by atoms with van der Waals surface area (Å²) in [6, 6.07) is 0.554. The molecule has 5 fully saturated rings. The number of amides is 1. The lowest BCUT2D eigenvalue weighted by atomic mass is 9.47. The molecule has 0 aromatic rings. The second-order valence-electron chi connectivity index (χ2n) is 6.60. The van der Waals surface area contributed by atoms with Gasteiger partial charge >= 0.3 is 0 Å². The monoisotopic (exact) mass is 205 g/mol. The summed E-state index contributed by atoms with van der Waals surface area (Å²) >= 11 is 0. The summed E-state index contributed by atoms with van der Waals surface area (Å²) in [4.78, 5) is 11.1. The van der Waals surface area contributed by atoms with Crippen molar-refractivity contribution in [2.45, 2.75) is 51.0 Å². The molecule has 0 radical (unpaired) electrons. The first-order valence-electron chi connectivity index (χ1n) is 6.53. The van der Waals surface area contributed by atoms with E-state index in [9.17, 15) is 4.79 Å². The molecule has 1 heterocycles. The fraction of sp³-hybridized carbons (Fsp3) is 0.923. The van der Waals surface area contributed by atoms with Crippen molar-refractivity contribution in [3.8, 4) is 0 Å². The summed E-state index contributed by atoms with van der Waals surface area (Å²) in [5.74, 6) is 3.31. The summed E-state index contributed by atoms with van der Waals surface area (Å²) < 4.78 is 0. The van der Waals surface area contributed by atoms with Crippen molar-refractivity contribution in [3.63, 3.8) is 0 Å². The van der Waals surface area contributed by atoms with Crippen LogP contribution in [0.2, 0.25) is 0 Å². The van der Waals surface area contributed by atoms with Gasteiger partial charge in [-0.05, 0) is 61.7 Å². The minimum Gasteiger partial charge on any atom is -0.352 e. The van der Waals surface area contributed by atoms with Crippen LogP contribution < -0.4 is 5.32 Å².